The van der Waals surface area contributed by atoms with Crippen LogP contribution in [0.2, 0.25) is 0 Å². The van der Waals surface area contributed by atoms with E-state index in [4.69, 9.17) is 5.48 Å². The third-order valence-corrected chi connectivity index (χ3v) is 9.91. The Hall–Kier alpha value is -5.64. The number of para-hydroxylation sites is 3. The van der Waals surface area contributed by atoms with E-state index in [1.165, 1.54) is 10.8 Å². The zero-order valence-electron chi connectivity index (χ0n) is 29.8. The van der Waals surface area contributed by atoms with Crippen LogP contribution < -0.4 is 0 Å². The quantitative estimate of drug-likeness (QED) is 0.192. The summed E-state index contributed by atoms with van der Waals surface area (Å²) in [7, 11) is 0. The monoisotopic (exact) mass is 596 g/mol. The number of fused-ring (bicyclic) bond motifs is 9. The molecule has 2 nitrogen and oxygen atoms in total. The Morgan fingerprint density at radius 1 is 0.467 bits per heavy atom. The van der Waals surface area contributed by atoms with Gasteiger partial charge >= 0.3 is 0 Å². The predicted molar refractivity (Wildman–Crippen MR) is 193 cm³/mol. The summed E-state index contributed by atoms with van der Waals surface area (Å²) in [6, 6.07) is 40.2. The van der Waals surface area contributed by atoms with Crippen molar-refractivity contribution in [1.29, 1.82) is 0 Å². The fourth-order valence-corrected chi connectivity index (χ4v) is 7.98. The van der Waals surface area contributed by atoms with Gasteiger partial charge in [-0.2, -0.15) is 0 Å². The first-order valence-corrected chi connectivity index (χ1v) is 15.7. The van der Waals surface area contributed by atoms with Crippen molar-refractivity contribution >= 4 is 75.1 Å². The minimum Gasteiger partial charge on any atom is -0.309 e. The van der Waals surface area contributed by atoms with Gasteiger partial charge < -0.3 is 9.13 Å². The van der Waals surface area contributed by atoms with E-state index in [-0.39, 0.29) is 36.3 Å². The molecule has 0 unspecified atom stereocenters. The lowest BCUT2D eigenvalue weighted by Crippen LogP contribution is -1.99. The summed E-state index contributed by atoms with van der Waals surface area (Å²) in [4.78, 5) is 0. The van der Waals surface area contributed by atoms with Crippen LogP contribution in [0.1, 0.15) is 8.22 Å². The first kappa shape index (κ1) is 19.6. The summed E-state index contributed by atoms with van der Waals surface area (Å²) < 4.78 is 58.9. The molecule has 3 heterocycles. The zero-order chi connectivity index (χ0) is 34.7. The number of hydrogen-bond acceptors (Lipinski definition) is 1. The summed E-state index contributed by atoms with van der Waals surface area (Å²) in [5.41, 5.74) is 6.92. The Kier molecular flexibility index (Phi) is 4.11. The first-order valence-electron chi connectivity index (χ1n) is 17.9. The Labute approximate surface area is 272 Å². The molecule has 0 bridgehead atoms. The summed E-state index contributed by atoms with van der Waals surface area (Å²) in [6.07, 6.45) is 0. The first-order chi connectivity index (χ1) is 24.8. The van der Waals surface area contributed by atoms with Gasteiger partial charge in [0.1, 0.15) is 0 Å². The third-order valence-electron chi connectivity index (χ3n) is 8.89. The van der Waals surface area contributed by atoms with Gasteiger partial charge in [-0.25, -0.2) is 0 Å². The smallest absolute Gasteiger partial charge is 0.0638 e. The highest BCUT2D eigenvalue weighted by Gasteiger charge is 2.21. The van der Waals surface area contributed by atoms with Gasteiger partial charge in [-0.15, -0.1) is 11.3 Å². The van der Waals surface area contributed by atoms with E-state index >= 15 is 0 Å². The lowest BCUT2D eigenvalue weighted by molar-refractivity contribution is 1.17. The molecule has 0 fully saturated rings. The largest absolute Gasteiger partial charge is 0.309 e. The lowest BCUT2D eigenvalue weighted by atomic mass is 9.99. The molecular weight excluding hydrogens is 565 g/mol. The van der Waals surface area contributed by atoms with Crippen molar-refractivity contribution in [1.82, 2.24) is 9.13 Å². The molecule has 0 amide bonds. The van der Waals surface area contributed by atoms with Crippen molar-refractivity contribution < 1.29 is 8.22 Å². The molecule has 10 aromatic rings. The molecule has 3 heteroatoms. The van der Waals surface area contributed by atoms with Crippen molar-refractivity contribution in [3.63, 3.8) is 0 Å². The highest BCUT2D eigenvalue weighted by atomic mass is 32.1. The molecule has 0 atom stereocenters. The van der Waals surface area contributed by atoms with E-state index in [0.717, 1.165) is 55.4 Å². The van der Waals surface area contributed by atoms with Crippen molar-refractivity contribution in [3.8, 4) is 22.5 Å². The van der Waals surface area contributed by atoms with Gasteiger partial charge in [-0.3, -0.25) is 0 Å². The summed E-state index contributed by atoms with van der Waals surface area (Å²) >= 11 is 1.16. The van der Waals surface area contributed by atoms with Crippen LogP contribution in [0.3, 0.4) is 0 Å². The molecule has 0 N–H and O–H groups in total. The molecule has 0 spiro atoms. The van der Waals surface area contributed by atoms with Gasteiger partial charge in [0.05, 0.1) is 36.0 Å². The van der Waals surface area contributed by atoms with E-state index in [2.05, 4.69) is 88.0 Å². The maximum atomic E-state index is 9.46. The minimum absolute atomic E-state index is 0.0000757. The summed E-state index contributed by atoms with van der Waals surface area (Å²) in [5.74, 6) is 0. The van der Waals surface area contributed by atoms with E-state index in [9.17, 15) is 2.74 Å². The van der Waals surface area contributed by atoms with Crippen LogP contribution in [0.5, 0.6) is 0 Å². The van der Waals surface area contributed by atoms with E-state index < -0.39 is 0 Å². The van der Waals surface area contributed by atoms with Gasteiger partial charge in [-0.05, 0) is 54.0 Å². The molecule has 210 valence electrons. The maximum Gasteiger partial charge on any atom is 0.0638 e. The van der Waals surface area contributed by atoms with Crippen LogP contribution in [0.4, 0.5) is 0 Å². The molecule has 3 aromatic heterocycles. The topological polar surface area (TPSA) is 9.86 Å². The molecule has 0 saturated carbocycles. The highest BCUT2D eigenvalue weighted by molar-refractivity contribution is 7.25. The average Bonchev–Trinajstić information content (AvgIpc) is 3.83. The number of benzene rings is 7. The second kappa shape index (κ2) is 9.43. The zero-order valence-corrected chi connectivity index (χ0v) is 24.7. The van der Waals surface area contributed by atoms with Crippen LogP contribution in [0.25, 0.3) is 86.3 Å². The van der Waals surface area contributed by atoms with Crippen molar-refractivity contribution in [2.24, 2.45) is 0 Å². The Morgan fingerprint density at radius 2 is 1.07 bits per heavy atom. The second-order valence-electron chi connectivity index (χ2n) is 11.3. The number of hydrogen-bond donors (Lipinski definition) is 0. The van der Waals surface area contributed by atoms with E-state index in [0.29, 0.717) is 31.4 Å². The normalized spacial score (nSPS) is 13.9. The number of thiophene rings is 1. The van der Waals surface area contributed by atoms with Crippen molar-refractivity contribution in [2.45, 2.75) is 0 Å². The molecule has 45 heavy (non-hydrogen) atoms. The molecular formula is C42H26N2S. The predicted octanol–water partition coefficient (Wildman–Crippen LogP) is 11.9. The van der Waals surface area contributed by atoms with Gasteiger partial charge in [0.2, 0.25) is 0 Å². The van der Waals surface area contributed by atoms with Crippen LogP contribution in [-0.4, -0.2) is 9.13 Å². The number of nitrogens with zero attached hydrogens (tertiary/aromatic N) is 2. The van der Waals surface area contributed by atoms with Crippen LogP contribution in [0, 0.1) is 0 Å². The summed E-state index contributed by atoms with van der Waals surface area (Å²) in [6.45, 7) is 0. The van der Waals surface area contributed by atoms with E-state index in [1.807, 2.05) is 42.5 Å². The second-order valence-corrected chi connectivity index (χ2v) is 12.3. The van der Waals surface area contributed by atoms with Gasteiger partial charge in [-0.1, -0.05) is 109 Å². The van der Waals surface area contributed by atoms with Crippen LogP contribution in [-0.2, 0) is 0 Å². The minimum atomic E-state index is -0.320. The Bertz CT molecular complexity index is 3050. The van der Waals surface area contributed by atoms with Gasteiger partial charge in [0.25, 0.3) is 0 Å². The summed E-state index contributed by atoms with van der Waals surface area (Å²) in [5, 5.41) is 5.28. The number of aromatic nitrogens is 2. The fourth-order valence-electron chi connectivity index (χ4n) is 7.02. The molecule has 0 aliphatic carbocycles. The third kappa shape index (κ3) is 3.50. The molecule has 10 rings (SSSR count). The highest BCUT2D eigenvalue weighted by Crippen LogP contribution is 2.45. The molecule has 7 aromatic carbocycles. The Morgan fingerprint density at radius 3 is 1.80 bits per heavy atom. The standard InChI is InChI=1S/C42H26N2S/c1-2-12-27(13-3-1)29-23-25-40-41(33-17-7-11-21-39(33)45-40)42(29)44-37-20-10-6-16-32(37)34-26-28(22-24-38(34)44)43-35-18-8-4-14-30(35)31-15-5-9-19-36(31)43/h1-26H/i7D,11D,17D,21D,23D,25D. The Balaban J connectivity index is 1.40. The number of rotatable bonds is 3. The van der Waals surface area contributed by atoms with Crippen LogP contribution >= 0.6 is 11.3 Å². The van der Waals surface area contributed by atoms with Gasteiger partial charge in [0, 0.05) is 53.0 Å². The maximum absolute atomic E-state index is 9.46. The lowest BCUT2D eigenvalue weighted by Gasteiger charge is -2.16. The van der Waals surface area contributed by atoms with E-state index in [1.54, 1.807) is 0 Å². The fraction of sp³-hybridized carbons (Fsp3) is 0. The SMILES string of the molecule is [2H]c1c([2H])c([2H])c2c(sc3c([2H])c([2H])c(-c4ccccc4)c(-n4c5ccccc5c5cc(-n6c7ccccc7c7ccccc76)ccc54)c32)c1[2H]. The van der Waals surface area contributed by atoms with Gasteiger partial charge in [0.15, 0.2) is 0 Å². The molecule has 0 saturated heterocycles. The molecule has 0 radical (unpaired) electrons. The molecule has 0 aliphatic rings. The van der Waals surface area contributed by atoms with Crippen molar-refractivity contribution in [2.75, 3.05) is 0 Å². The average molecular weight is 597 g/mol. The van der Waals surface area contributed by atoms with Crippen molar-refractivity contribution in [3.05, 3.63) is 158 Å². The molecule has 0 aliphatic heterocycles. The van der Waals surface area contributed by atoms with Crippen LogP contribution in [0.15, 0.2) is 158 Å².